The normalized spacial score (nSPS) is 17.7. The summed E-state index contributed by atoms with van der Waals surface area (Å²) < 4.78 is 28.0. The summed E-state index contributed by atoms with van der Waals surface area (Å²) >= 11 is 0. The van der Waals surface area contributed by atoms with Gasteiger partial charge < -0.3 is 14.8 Å². The number of fused-ring (bicyclic) bond motifs is 3. The highest BCUT2D eigenvalue weighted by molar-refractivity contribution is 5.90. The summed E-state index contributed by atoms with van der Waals surface area (Å²) in [5.74, 6) is -0.356. The second kappa shape index (κ2) is 9.26. The second-order valence-electron chi connectivity index (χ2n) is 8.38. The van der Waals surface area contributed by atoms with Crippen LogP contribution in [0.25, 0.3) is 0 Å². The molecule has 2 amide bonds. The van der Waals surface area contributed by atoms with Crippen molar-refractivity contribution in [2.75, 3.05) is 26.2 Å². The molecule has 0 aliphatic carbocycles. The molecule has 2 aliphatic rings. The molecule has 1 fully saturated rings. The fourth-order valence-corrected chi connectivity index (χ4v) is 4.38. The van der Waals surface area contributed by atoms with Crippen LogP contribution in [0.3, 0.4) is 0 Å². The third kappa shape index (κ3) is 4.51. The number of pyridine rings is 1. The fourth-order valence-electron chi connectivity index (χ4n) is 4.38. The number of nitrogens with zero attached hydrogens (tertiary/aromatic N) is 6. The summed E-state index contributed by atoms with van der Waals surface area (Å²) in [5, 5.41) is 11.2. The molecule has 9 nitrogen and oxygen atoms in total. The van der Waals surface area contributed by atoms with Gasteiger partial charge in [-0.1, -0.05) is 12.1 Å². The van der Waals surface area contributed by atoms with Crippen molar-refractivity contribution in [3.05, 3.63) is 77.1 Å². The van der Waals surface area contributed by atoms with Gasteiger partial charge in [0.1, 0.15) is 11.6 Å². The molecule has 1 aromatic carbocycles. The van der Waals surface area contributed by atoms with Gasteiger partial charge in [-0.3, -0.25) is 19.5 Å². The van der Waals surface area contributed by atoms with E-state index in [1.54, 1.807) is 21.6 Å². The quantitative estimate of drug-likeness (QED) is 0.608. The van der Waals surface area contributed by atoms with Crippen molar-refractivity contribution in [2.45, 2.75) is 25.6 Å². The number of amides is 2. The molecular formula is C23H23F2N7O2. The molecule has 176 valence electrons. The van der Waals surface area contributed by atoms with E-state index in [9.17, 15) is 18.4 Å². The predicted octanol–water partition coefficient (Wildman–Crippen LogP) is 1.32. The Morgan fingerprint density at radius 3 is 2.50 bits per heavy atom. The molecule has 5 rings (SSSR count). The molecule has 0 saturated carbocycles. The number of benzene rings is 1. The maximum Gasteiger partial charge on any atom is 0.289 e. The molecule has 2 aromatic heterocycles. The molecule has 11 heteroatoms. The monoisotopic (exact) mass is 467 g/mol. The first-order valence-corrected chi connectivity index (χ1v) is 11.1. The fraction of sp³-hybridized carbons (Fsp3) is 0.348. The lowest BCUT2D eigenvalue weighted by Crippen LogP contribution is -2.54. The topological polar surface area (TPSA) is 96.3 Å². The molecule has 0 bridgehead atoms. The van der Waals surface area contributed by atoms with E-state index in [-0.39, 0.29) is 42.5 Å². The lowest BCUT2D eigenvalue weighted by atomic mass is 10.1. The number of aromatic nitrogens is 4. The lowest BCUT2D eigenvalue weighted by molar-refractivity contribution is -0.134. The summed E-state index contributed by atoms with van der Waals surface area (Å²) in [4.78, 5) is 33.6. The number of hydrogen-bond acceptors (Lipinski definition) is 6. The van der Waals surface area contributed by atoms with Crippen molar-refractivity contribution in [2.24, 2.45) is 0 Å². The zero-order valence-electron chi connectivity index (χ0n) is 18.3. The molecule has 2 aliphatic heterocycles. The first kappa shape index (κ1) is 22.1. The van der Waals surface area contributed by atoms with E-state index in [1.165, 1.54) is 24.3 Å². The van der Waals surface area contributed by atoms with Crippen molar-refractivity contribution in [1.29, 1.82) is 0 Å². The minimum Gasteiger partial charge on any atom is -0.345 e. The Balaban J connectivity index is 1.26. The van der Waals surface area contributed by atoms with Crippen molar-refractivity contribution in [3.63, 3.8) is 0 Å². The van der Waals surface area contributed by atoms with Gasteiger partial charge in [-0.2, -0.15) is 0 Å². The molecule has 4 heterocycles. The highest BCUT2D eigenvalue weighted by atomic mass is 19.1. The number of rotatable bonds is 5. The number of carbonyl (C=O) groups is 2. The number of nitrogens with one attached hydrogen (secondary N) is 1. The molecule has 0 radical (unpaired) electrons. The third-order valence-electron chi connectivity index (χ3n) is 6.22. The molecule has 34 heavy (non-hydrogen) atoms. The van der Waals surface area contributed by atoms with E-state index >= 15 is 0 Å². The van der Waals surface area contributed by atoms with Gasteiger partial charge in [-0.15, -0.1) is 10.2 Å². The van der Waals surface area contributed by atoms with Crippen LogP contribution >= 0.6 is 0 Å². The zero-order chi connectivity index (χ0) is 23.7. The molecule has 1 saturated heterocycles. The summed E-state index contributed by atoms with van der Waals surface area (Å²) in [6.45, 7) is 3.23. The van der Waals surface area contributed by atoms with Crippen LogP contribution < -0.4 is 5.32 Å². The Labute approximate surface area is 194 Å². The molecule has 0 spiro atoms. The highest BCUT2D eigenvalue weighted by Gasteiger charge is 2.38. The average Bonchev–Trinajstić information content (AvgIpc) is 3.29. The van der Waals surface area contributed by atoms with Crippen LogP contribution in [0, 0.1) is 11.6 Å². The Bertz CT molecular complexity index is 1200. The first-order valence-electron chi connectivity index (χ1n) is 11.1. The van der Waals surface area contributed by atoms with Gasteiger partial charge in [0.25, 0.3) is 5.91 Å². The number of piperazine rings is 1. The number of carbonyl (C=O) groups excluding carboxylic acids is 2. The zero-order valence-corrected chi connectivity index (χ0v) is 18.3. The summed E-state index contributed by atoms with van der Waals surface area (Å²) in [7, 11) is 0. The van der Waals surface area contributed by atoms with Crippen LogP contribution in [0.15, 0.2) is 42.6 Å². The van der Waals surface area contributed by atoms with Crippen LogP contribution in [0.1, 0.15) is 33.7 Å². The SMILES string of the molecule is O=C(NCc1ccc(F)cc1)c1nnc2n1CCN1CCN(C(=O)Cc3ccc(F)cn3)C[C@@H]21. The van der Waals surface area contributed by atoms with Gasteiger partial charge in [0, 0.05) is 45.0 Å². The molecule has 1 atom stereocenters. The van der Waals surface area contributed by atoms with Crippen molar-refractivity contribution in [3.8, 4) is 0 Å². The Morgan fingerprint density at radius 1 is 0.971 bits per heavy atom. The maximum atomic E-state index is 13.1. The van der Waals surface area contributed by atoms with E-state index in [0.29, 0.717) is 37.7 Å². The summed E-state index contributed by atoms with van der Waals surface area (Å²) in [6.07, 6.45) is 1.20. The largest absolute Gasteiger partial charge is 0.345 e. The van der Waals surface area contributed by atoms with E-state index in [4.69, 9.17) is 0 Å². The van der Waals surface area contributed by atoms with Gasteiger partial charge in [0.05, 0.1) is 18.7 Å². The Morgan fingerprint density at radius 2 is 1.74 bits per heavy atom. The first-order chi connectivity index (χ1) is 16.5. The third-order valence-corrected chi connectivity index (χ3v) is 6.22. The standard InChI is InChI=1S/C23H23F2N7O2/c24-16-3-1-15(2-4-16)12-27-23(34)22-29-28-21-19-14-31(8-7-30(19)9-10-32(21)22)20(33)11-18-6-5-17(25)13-26-18/h1-6,13,19H,7-12,14H2,(H,27,34)/t19-/m0/s1. The van der Waals surface area contributed by atoms with E-state index < -0.39 is 5.82 Å². The Kier molecular flexibility index (Phi) is 6.01. The highest BCUT2D eigenvalue weighted by Crippen LogP contribution is 2.28. The summed E-state index contributed by atoms with van der Waals surface area (Å²) in [5.41, 5.74) is 1.29. The average molecular weight is 467 g/mol. The van der Waals surface area contributed by atoms with Gasteiger partial charge in [-0.05, 0) is 29.8 Å². The van der Waals surface area contributed by atoms with Crippen LogP contribution in [0.5, 0.6) is 0 Å². The van der Waals surface area contributed by atoms with Crippen molar-refractivity contribution >= 4 is 11.8 Å². The van der Waals surface area contributed by atoms with Gasteiger partial charge in [0.15, 0.2) is 5.82 Å². The van der Waals surface area contributed by atoms with Crippen LogP contribution in [-0.4, -0.2) is 67.5 Å². The van der Waals surface area contributed by atoms with Crippen LogP contribution in [0.4, 0.5) is 8.78 Å². The van der Waals surface area contributed by atoms with Gasteiger partial charge in [-0.25, -0.2) is 8.78 Å². The smallest absolute Gasteiger partial charge is 0.289 e. The maximum absolute atomic E-state index is 13.1. The van der Waals surface area contributed by atoms with E-state index in [2.05, 4.69) is 25.4 Å². The minimum absolute atomic E-state index is 0.0901. The van der Waals surface area contributed by atoms with Crippen LogP contribution in [0.2, 0.25) is 0 Å². The van der Waals surface area contributed by atoms with Crippen molar-refractivity contribution in [1.82, 2.24) is 34.9 Å². The minimum atomic E-state index is -0.441. The second-order valence-corrected chi connectivity index (χ2v) is 8.38. The molecule has 3 aromatic rings. The van der Waals surface area contributed by atoms with Gasteiger partial charge >= 0.3 is 0 Å². The van der Waals surface area contributed by atoms with E-state index in [1.807, 2.05) is 0 Å². The predicted molar refractivity (Wildman–Crippen MR) is 116 cm³/mol. The van der Waals surface area contributed by atoms with Crippen molar-refractivity contribution < 1.29 is 18.4 Å². The lowest BCUT2D eigenvalue weighted by Gasteiger charge is -2.43. The number of halogens is 2. The van der Waals surface area contributed by atoms with E-state index in [0.717, 1.165) is 18.3 Å². The molecule has 1 N–H and O–H groups in total. The molecular weight excluding hydrogens is 444 g/mol. The van der Waals surface area contributed by atoms with Crippen LogP contribution in [-0.2, 0) is 24.3 Å². The molecule has 0 unspecified atom stereocenters. The van der Waals surface area contributed by atoms with Gasteiger partial charge in [0.2, 0.25) is 11.7 Å². The summed E-state index contributed by atoms with van der Waals surface area (Å²) in [6, 6.07) is 8.55. The Hall–Kier alpha value is -3.73. The number of hydrogen-bond donors (Lipinski definition) is 1.